The Labute approximate surface area is 76.5 Å². The molecular weight excluding hydrogens is 148 g/mol. The van der Waals surface area contributed by atoms with Crippen LogP contribution in [0.3, 0.4) is 0 Å². The minimum absolute atomic E-state index is 0.145. The molecule has 2 atom stereocenters. The third-order valence-corrected chi connectivity index (χ3v) is 2.37. The summed E-state index contributed by atoms with van der Waals surface area (Å²) in [6.07, 6.45) is 4.66. The molecule has 0 aliphatic carbocycles. The zero-order valence-electron chi connectivity index (χ0n) is 8.59. The van der Waals surface area contributed by atoms with E-state index in [1.807, 2.05) is 6.08 Å². The Morgan fingerprint density at radius 1 is 1.42 bits per heavy atom. The number of aliphatic hydroxyl groups is 1. The summed E-state index contributed by atoms with van der Waals surface area (Å²) in [6.45, 7) is 10.1. The molecule has 0 spiro atoms. The molecule has 0 amide bonds. The van der Waals surface area contributed by atoms with Crippen LogP contribution in [-0.4, -0.2) is 11.2 Å². The second-order valence-corrected chi connectivity index (χ2v) is 3.79. The molecule has 1 heteroatoms. The van der Waals surface area contributed by atoms with Crippen molar-refractivity contribution in [2.45, 2.75) is 46.1 Å². The van der Waals surface area contributed by atoms with Gasteiger partial charge in [-0.3, -0.25) is 0 Å². The Bertz CT molecular complexity index is 118. The summed E-state index contributed by atoms with van der Waals surface area (Å²) in [5.41, 5.74) is 0. The van der Waals surface area contributed by atoms with E-state index in [2.05, 4.69) is 27.4 Å². The molecule has 0 saturated heterocycles. The Kier molecular flexibility index (Phi) is 6.09. The third kappa shape index (κ3) is 3.91. The van der Waals surface area contributed by atoms with Crippen molar-refractivity contribution in [2.24, 2.45) is 11.8 Å². The topological polar surface area (TPSA) is 20.2 Å². The first-order valence-electron chi connectivity index (χ1n) is 4.92. The number of allylic oxidation sites excluding steroid dienone is 1. The molecule has 1 nitrogen and oxygen atoms in total. The summed E-state index contributed by atoms with van der Waals surface area (Å²) in [6, 6.07) is 0. The fourth-order valence-electron chi connectivity index (χ4n) is 1.58. The first kappa shape index (κ1) is 11.7. The molecule has 0 fully saturated rings. The summed E-state index contributed by atoms with van der Waals surface area (Å²) in [5, 5.41) is 9.76. The van der Waals surface area contributed by atoms with Gasteiger partial charge in [0.15, 0.2) is 0 Å². The van der Waals surface area contributed by atoms with Crippen LogP contribution in [0.15, 0.2) is 12.7 Å². The van der Waals surface area contributed by atoms with Crippen LogP contribution in [0.1, 0.15) is 40.0 Å². The Morgan fingerprint density at radius 2 is 2.00 bits per heavy atom. The lowest BCUT2D eigenvalue weighted by Crippen LogP contribution is -2.24. The molecule has 0 radical (unpaired) electrons. The zero-order chi connectivity index (χ0) is 9.56. The summed E-state index contributed by atoms with van der Waals surface area (Å²) in [4.78, 5) is 0. The van der Waals surface area contributed by atoms with E-state index in [1.165, 1.54) is 0 Å². The summed E-state index contributed by atoms with van der Waals surface area (Å²) in [5.74, 6) is 0.937. The number of aliphatic hydroxyl groups excluding tert-OH is 1. The van der Waals surface area contributed by atoms with Crippen LogP contribution in [0, 0.1) is 11.8 Å². The van der Waals surface area contributed by atoms with Gasteiger partial charge >= 0.3 is 0 Å². The zero-order valence-corrected chi connectivity index (χ0v) is 8.59. The Hall–Kier alpha value is -0.300. The van der Waals surface area contributed by atoms with E-state index in [0.717, 1.165) is 19.3 Å². The molecule has 0 aliphatic rings. The van der Waals surface area contributed by atoms with E-state index in [4.69, 9.17) is 0 Å². The smallest absolute Gasteiger partial charge is 0.0573 e. The van der Waals surface area contributed by atoms with E-state index < -0.39 is 0 Å². The molecule has 0 saturated carbocycles. The fraction of sp³-hybridized carbons (Fsp3) is 0.818. The lowest BCUT2D eigenvalue weighted by molar-refractivity contribution is 0.0746. The molecule has 0 heterocycles. The van der Waals surface area contributed by atoms with Crippen molar-refractivity contribution in [1.82, 2.24) is 0 Å². The van der Waals surface area contributed by atoms with Crippen molar-refractivity contribution < 1.29 is 5.11 Å². The molecule has 1 unspecified atom stereocenters. The number of hydrogen-bond acceptors (Lipinski definition) is 1. The molecule has 12 heavy (non-hydrogen) atoms. The Morgan fingerprint density at radius 3 is 2.33 bits per heavy atom. The highest BCUT2D eigenvalue weighted by atomic mass is 16.3. The van der Waals surface area contributed by atoms with E-state index in [0.29, 0.717) is 11.8 Å². The average molecular weight is 170 g/mol. The highest BCUT2D eigenvalue weighted by Gasteiger charge is 2.19. The predicted octanol–water partition coefficient (Wildman–Crippen LogP) is 3.00. The van der Waals surface area contributed by atoms with E-state index >= 15 is 0 Å². The lowest BCUT2D eigenvalue weighted by atomic mass is 9.85. The van der Waals surface area contributed by atoms with E-state index in [9.17, 15) is 5.11 Å². The van der Waals surface area contributed by atoms with Gasteiger partial charge in [-0.25, -0.2) is 0 Å². The van der Waals surface area contributed by atoms with Crippen molar-refractivity contribution in [3.05, 3.63) is 12.7 Å². The minimum atomic E-state index is -0.145. The molecule has 0 aromatic carbocycles. The maximum Gasteiger partial charge on any atom is 0.0573 e. The van der Waals surface area contributed by atoms with Gasteiger partial charge < -0.3 is 5.11 Å². The summed E-state index contributed by atoms with van der Waals surface area (Å²) in [7, 11) is 0. The van der Waals surface area contributed by atoms with Crippen molar-refractivity contribution in [1.29, 1.82) is 0 Å². The van der Waals surface area contributed by atoms with Crippen LogP contribution >= 0.6 is 0 Å². The van der Waals surface area contributed by atoms with Gasteiger partial charge in [0.05, 0.1) is 6.10 Å². The van der Waals surface area contributed by atoms with Gasteiger partial charge in [0.1, 0.15) is 0 Å². The van der Waals surface area contributed by atoms with Gasteiger partial charge in [0.2, 0.25) is 0 Å². The van der Waals surface area contributed by atoms with Crippen molar-refractivity contribution >= 4 is 0 Å². The maximum absolute atomic E-state index is 9.76. The summed E-state index contributed by atoms with van der Waals surface area (Å²) >= 11 is 0. The molecule has 0 aliphatic heterocycles. The normalized spacial score (nSPS) is 16.1. The highest BCUT2D eigenvalue weighted by Crippen LogP contribution is 2.22. The highest BCUT2D eigenvalue weighted by molar-refractivity contribution is 4.79. The maximum atomic E-state index is 9.76. The largest absolute Gasteiger partial charge is 0.393 e. The lowest BCUT2D eigenvalue weighted by Gasteiger charge is -2.24. The molecular formula is C11H22O. The molecule has 0 aromatic rings. The number of hydrogen-bond donors (Lipinski definition) is 1. The first-order valence-corrected chi connectivity index (χ1v) is 4.92. The van der Waals surface area contributed by atoms with Crippen LogP contribution in [0.5, 0.6) is 0 Å². The van der Waals surface area contributed by atoms with Gasteiger partial charge in [-0.15, -0.1) is 6.58 Å². The third-order valence-electron chi connectivity index (χ3n) is 2.37. The molecule has 0 aromatic heterocycles. The fourth-order valence-corrected chi connectivity index (χ4v) is 1.58. The second-order valence-electron chi connectivity index (χ2n) is 3.79. The SMILES string of the molecule is C=CCC(C(C)C)[C@@H](O)CCC. The van der Waals surface area contributed by atoms with Crippen molar-refractivity contribution in [3.8, 4) is 0 Å². The molecule has 0 rings (SSSR count). The van der Waals surface area contributed by atoms with E-state index in [1.54, 1.807) is 0 Å². The van der Waals surface area contributed by atoms with Gasteiger partial charge in [0, 0.05) is 0 Å². The molecule has 72 valence electrons. The Balaban J connectivity index is 3.98. The van der Waals surface area contributed by atoms with Crippen molar-refractivity contribution in [2.75, 3.05) is 0 Å². The quantitative estimate of drug-likeness (QED) is 0.608. The second kappa shape index (κ2) is 6.24. The first-order chi connectivity index (χ1) is 5.63. The predicted molar refractivity (Wildman–Crippen MR) is 54.1 cm³/mol. The van der Waals surface area contributed by atoms with Crippen LogP contribution in [0.4, 0.5) is 0 Å². The van der Waals surface area contributed by atoms with Crippen LogP contribution < -0.4 is 0 Å². The van der Waals surface area contributed by atoms with Gasteiger partial charge in [-0.1, -0.05) is 33.3 Å². The monoisotopic (exact) mass is 170 g/mol. The van der Waals surface area contributed by atoms with E-state index in [-0.39, 0.29) is 6.10 Å². The minimum Gasteiger partial charge on any atom is -0.393 e. The molecule has 1 N–H and O–H groups in total. The number of rotatable bonds is 6. The average Bonchev–Trinajstić information content (AvgIpc) is 1.99. The van der Waals surface area contributed by atoms with Gasteiger partial charge in [-0.05, 0) is 24.7 Å². The van der Waals surface area contributed by atoms with Gasteiger partial charge in [-0.2, -0.15) is 0 Å². The van der Waals surface area contributed by atoms with Crippen LogP contribution in [0.25, 0.3) is 0 Å². The molecule has 0 bridgehead atoms. The van der Waals surface area contributed by atoms with Crippen LogP contribution in [-0.2, 0) is 0 Å². The standard InChI is InChI=1S/C11H22O/c1-5-7-10(9(3)4)11(12)8-6-2/h5,9-12H,1,6-8H2,2-4H3/t10?,11-/m0/s1. The van der Waals surface area contributed by atoms with Crippen molar-refractivity contribution in [3.63, 3.8) is 0 Å². The van der Waals surface area contributed by atoms with Gasteiger partial charge in [0.25, 0.3) is 0 Å². The summed E-state index contributed by atoms with van der Waals surface area (Å²) < 4.78 is 0. The van der Waals surface area contributed by atoms with Crippen LogP contribution in [0.2, 0.25) is 0 Å².